The van der Waals surface area contributed by atoms with Crippen LogP contribution in [0.25, 0.3) is 0 Å². The monoisotopic (exact) mass is 293 g/mol. The van der Waals surface area contributed by atoms with Gasteiger partial charge in [-0.2, -0.15) is 0 Å². The highest BCUT2D eigenvalue weighted by molar-refractivity contribution is 7.10. The van der Waals surface area contributed by atoms with E-state index in [9.17, 15) is 4.79 Å². The molecule has 7 heteroatoms. The Hall–Kier alpha value is -1.89. The van der Waals surface area contributed by atoms with E-state index in [1.807, 2.05) is 19.4 Å². The van der Waals surface area contributed by atoms with E-state index in [-0.39, 0.29) is 12.1 Å². The number of aromatic nitrogens is 3. The summed E-state index contributed by atoms with van der Waals surface area (Å²) in [6, 6.07) is 1.77. The first-order valence-corrected chi connectivity index (χ1v) is 7.25. The van der Waals surface area contributed by atoms with E-state index in [1.54, 1.807) is 34.2 Å². The Balaban J connectivity index is 1.94. The molecule has 0 aliphatic carbocycles. The summed E-state index contributed by atoms with van der Waals surface area (Å²) >= 11 is 1.67. The second-order valence-electron chi connectivity index (χ2n) is 4.85. The fraction of sp³-hybridized carbons (Fsp3) is 0.462. The number of urea groups is 1. The summed E-state index contributed by atoms with van der Waals surface area (Å²) in [5.41, 5.74) is 1.22. The van der Waals surface area contributed by atoms with Crippen molar-refractivity contribution in [2.24, 2.45) is 7.05 Å². The molecule has 6 nitrogen and oxygen atoms in total. The van der Waals surface area contributed by atoms with E-state index in [2.05, 4.69) is 28.5 Å². The van der Waals surface area contributed by atoms with Crippen LogP contribution in [0.15, 0.2) is 17.8 Å². The fourth-order valence-corrected chi connectivity index (χ4v) is 2.86. The lowest BCUT2D eigenvalue weighted by molar-refractivity contribution is 0.203. The molecule has 20 heavy (non-hydrogen) atoms. The molecule has 0 saturated carbocycles. The molecule has 2 rings (SSSR count). The molecule has 0 radical (unpaired) electrons. The predicted molar refractivity (Wildman–Crippen MR) is 78.5 cm³/mol. The maximum atomic E-state index is 12.2. The minimum absolute atomic E-state index is 0.117. The van der Waals surface area contributed by atoms with Gasteiger partial charge >= 0.3 is 6.03 Å². The first-order valence-electron chi connectivity index (χ1n) is 6.37. The minimum atomic E-state index is -0.179. The average molecular weight is 293 g/mol. The van der Waals surface area contributed by atoms with Gasteiger partial charge in [0.1, 0.15) is 6.33 Å². The zero-order valence-corrected chi connectivity index (χ0v) is 12.9. The number of carbonyl (C=O) groups is 1. The Morgan fingerprint density at radius 2 is 2.35 bits per heavy atom. The van der Waals surface area contributed by atoms with Crippen LogP contribution in [0.1, 0.15) is 29.2 Å². The van der Waals surface area contributed by atoms with E-state index >= 15 is 0 Å². The van der Waals surface area contributed by atoms with Crippen molar-refractivity contribution in [3.8, 4) is 0 Å². The Morgan fingerprint density at radius 3 is 2.90 bits per heavy atom. The molecule has 0 bridgehead atoms. The van der Waals surface area contributed by atoms with Gasteiger partial charge in [-0.05, 0) is 30.9 Å². The van der Waals surface area contributed by atoms with Crippen LogP contribution in [0.3, 0.4) is 0 Å². The topological polar surface area (TPSA) is 63.1 Å². The second kappa shape index (κ2) is 6.04. The molecule has 1 N–H and O–H groups in total. The number of hydrogen-bond acceptors (Lipinski definition) is 4. The van der Waals surface area contributed by atoms with E-state index in [0.717, 1.165) is 5.82 Å². The molecule has 1 atom stereocenters. The third-order valence-corrected chi connectivity index (χ3v) is 4.18. The molecule has 0 aromatic carbocycles. The van der Waals surface area contributed by atoms with Crippen molar-refractivity contribution in [1.82, 2.24) is 25.0 Å². The smallest absolute Gasteiger partial charge is 0.318 e. The zero-order chi connectivity index (χ0) is 14.7. The number of hydrogen-bond donors (Lipinski definition) is 1. The average Bonchev–Trinajstić information content (AvgIpc) is 2.99. The van der Waals surface area contributed by atoms with Crippen molar-refractivity contribution in [2.45, 2.75) is 26.4 Å². The van der Waals surface area contributed by atoms with Crippen molar-refractivity contribution >= 4 is 17.4 Å². The molecule has 2 amide bonds. The Bertz CT molecular complexity index is 591. The summed E-state index contributed by atoms with van der Waals surface area (Å²) < 4.78 is 1.80. The highest BCUT2D eigenvalue weighted by Crippen LogP contribution is 2.17. The number of rotatable bonds is 4. The Kier molecular flexibility index (Phi) is 4.39. The van der Waals surface area contributed by atoms with Gasteiger partial charge in [-0.3, -0.25) is 0 Å². The van der Waals surface area contributed by atoms with Gasteiger partial charge in [-0.1, -0.05) is 0 Å². The molecule has 2 aromatic heterocycles. The first kappa shape index (κ1) is 14.5. The molecule has 2 aromatic rings. The zero-order valence-electron chi connectivity index (χ0n) is 12.1. The molecular weight excluding hydrogens is 274 g/mol. The van der Waals surface area contributed by atoms with Crippen molar-refractivity contribution in [3.63, 3.8) is 0 Å². The lowest BCUT2D eigenvalue weighted by Crippen LogP contribution is -2.38. The molecule has 0 fully saturated rings. The van der Waals surface area contributed by atoms with Crippen LogP contribution < -0.4 is 5.32 Å². The Morgan fingerprint density at radius 1 is 1.60 bits per heavy atom. The van der Waals surface area contributed by atoms with Crippen molar-refractivity contribution in [1.29, 1.82) is 0 Å². The lowest BCUT2D eigenvalue weighted by atomic mass is 10.3. The van der Waals surface area contributed by atoms with Crippen LogP contribution in [0.2, 0.25) is 0 Å². The Labute approximate surface area is 122 Å². The summed E-state index contributed by atoms with van der Waals surface area (Å²) in [6.45, 7) is 4.56. The van der Waals surface area contributed by atoms with Gasteiger partial charge in [0.15, 0.2) is 5.82 Å². The SMILES string of the molecule is Cc1ccsc1CN(C)C(=O)N[C@H](C)c1nncn1C. The van der Waals surface area contributed by atoms with E-state index in [4.69, 9.17) is 0 Å². The van der Waals surface area contributed by atoms with Gasteiger partial charge in [0.25, 0.3) is 0 Å². The van der Waals surface area contributed by atoms with Gasteiger partial charge in [0.05, 0.1) is 12.6 Å². The molecule has 0 spiro atoms. The maximum Gasteiger partial charge on any atom is 0.318 e. The molecule has 0 saturated heterocycles. The summed E-state index contributed by atoms with van der Waals surface area (Å²) in [5.74, 6) is 0.735. The van der Waals surface area contributed by atoms with Crippen LogP contribution in [0.4, 0.5) is 4.79 Å². The standard InChI is InChI=1S/C13H19N5OS/c1-9-5-6-20-11(9)7-17(3)13(19)15-10(2)12-16-14-8-18(12)4/h5-6,8,10H,7H2,1-4H3,(H,15,19)/t10-/m1/s1. The molecule has 108 valence electrons. The first-order chi connectivity index (χ1) is 9.49. The van der Waals surface area contributed by atoms with E-state index < -0.39 is 0 Å². The third-order valence-electron chi connectivity index (χ3n) is 3.17. The maximum absolute atomic E-state index is 12.2. The normalized spacial score (nSPS) is 12.2. The van der Waals surface area contributed by atoms with Gasteiger partial charge in [0, 0.05) is 19.0 Å². The third kappa shape index (κ3) is 3.16. The van der Waals surface area contributed by atoms with Gasteiger partial charge in [0.2, 0.25) is 0 Å². The second-order valence-corrected chi connectivity index (χ2v) is 5.85. The van der Waals surface area contributed by atoms with Crippen molar-refractivity contribution < 1.29 is 4.79 Å². The van der Waals surface area contributed by atoms with Gasteiger partial charge in [-0.15, -0.1) is 21.5 Å². The van der Waals surface area contributed by atoms with Crippen molar-refractivity contribution in [3.05, 3.63) is 34.0 Å². The van der Waals surface area contributed by atoms with Crippen LogP contribution in [-0.4, -0.2) is 32.7 Å². The molecule has 0 aliphatic rings. The quantitative estimate of drug-likeness (QED) is 0.939. The minimum Gasteiger partial charge on any atom is -0.328 e. The molecule has 0 unspecified atom stereocenters. The summed E-state index contributed by atoms with van der Waals surface area (Å²) in [7, 11) is 3.65. The lowest BCUT2D eigenvalue weighted by Gasteiger charge is -2.20. The number of aryl methyl sites for hydroxylation is 2. The number of carbonyl (C=O) groups excluding carboxylic acids is 1. The largest absolute Gasteiger partial charge is 0.328 e. The highest BCUT2D eigenvalue weighted by Gasteiger charge is 2.17. The highest BCUT2D eigenvalue weighted by atomic mass is 32.1. The molecule has 2 heterocycles. The molecular formula is C13H19N5OS. The van der Waals surface area contributed by atoms with Crippen LogP contribution in [-0.2, 0) is 13.6 Å². The number of nitrogens with zero attached hydrogens (tertiary/aromatic N) is 4. The summed E-state index contributed by atoms with van der Waals surface area (Å²) in [4.78, 5) is 15.0. The van der Waals surface area contributed by atoms with Gasteiger partial charge in [-0.25, -0.2) is 4.79 Å². The number of nitrogens with one attached hydrogen (secondary N) is 1. The van der Waals surface area contributed by atoms with E-state index in [1.165, 1.54) is 10.4 Å². The van der Waals surface area contributed by atoms with Crippen LogP contribution >= 0.6 is 11.3 Å². The number of amides is 2. The van der Waals surface area contributed by atoms with Crippen molar-refractivity contribution in [2.75, 3.05) is 7.05 Å². The summed E-state index contributed by atoms with van der Waals surface area (Å²) in [6.07, 6.45) is 1.62. The number of thiophene rings is 1. The summed E-state index contributed by atoms with van der Waals surface area (Å²) in [5, 5.41) is 12.8. The van der Waals surface area contributed by atoms with Gasteiger partial charge < -0.3 is 14.8 Å². The molecule has 0 aliphatic heterocycles. The predicted octanol–water partition coefficient (Wildman–Crippen LogP) is 2.09. The van der Waals surface area contributed by atoms with Crippen LogP contribution in [0, 0.1) is 6.92 Å². The van der Waals surface area contributed by atoms with E-state index in [0.29, 0.717) is 6.54 Å². The van der Waals surface area contributed by atoms with Crippen LogP contribution in [0.5, 0.6) is 0 Å². The fourth-order valence-electron chi connectivity index (χ4n) is 1.90.